The number of aromatic nitrogens is 3. The summed E-state index contributed by atoms with van der Waals surface area (Å²) in [4.78, 5) is 14.8. The van der Waals surface area contributed by atoms with E-state index in [1.807, 2.05) is 25.3 Å². The number of nitrogens with zero attached hydrogens (tertiary/aromatic N) is 4. The molecule has 242 valence electrons. The Kier molecular flexibility index (Phi) is 6.39. The quantitative estimate of drug-likeness (QED) is 0.168. The van der Waals surface area contributed by atoms with Crippen molar-refractivity contribution in [3.8, 4) is 17.3 Å². The van der Waals surface area contributed by atoms with Crippen LogP contribution in [0.1, 0.15) is 80.6 Å². The van der Waals surface area contributed by atoms with Crippen molar-refractivity contribution < 1.29 is 30.5 Å². The molecule has 0 spiro atoms. The molecule has 1 aliphatic carbocycles. The van der Waals surface area contributed by atoms with E-state index in [9.17, 15) is 0 Å². The average Bonchev–Trinajstić information content (AvgIpc) is 3.57. The number of aryl methyl sites for hydroxylation is 2. The Bertz CT molecular complexity index is 2390. The van der Waals surface area contributed by atoms with Gasteiger partial charge >= 0.3 is 21.1 Å². The van der Waals surface area contributed by atoms with Crippen molar-refractivity contribution in [1.29, 1.82) is 0 Å². The van der Waals surface area contributed by atoms with Crippen LogP contribution in [0.5, 0.6) is 11.6 Å². The summed E-state index contributed by atoms with van der Waals surface area (Å²) in [5, 5.41) is 2.31. The number of rotatable bonds is 3. The van der Waals surface area contributed by atoms with Crippen LogP contribution in [0.3, 0.4) is 0 Å². The minimum atomic E-state index is -0.573. The fourth-order valence-corrected chi connectivity index (χ4v) is 8.49. The second-order valence-corrected chi connectivity index (χ2v) is 14.7. The van der Waals surface area contributed by atoms with Crippen LogP contribution in [0, 0.1) is 26.0 Å². The van der Waals surface area contributed by atoms with Crippen LogP contribution in [0.4, 0.5) is 0 Å². The van der Waals surface area contributed by atoms with Crippen LogP contribution in [-0.2, 0) is 42.2 Å². The number of ether oxygens (including phenoxy) is 2. The summed E-state index contributed by atoms with van der Waals surface area (Å²) in [5.74, 6) is 1.52. The molecule has 0 amide bonds. The van der Waals surface area contributed by atoms with Crippen LogP contribution in [0.15, 0.2) is 77.9 Å². The zero-order chi connectivity index (χ0) is 32.7. The molecule has 3 aliphatic rings. The fraction of sp³-hybridized carbons (Fsp3) is 0.293. The van der Waals surface area contributed by atoms with Crippen molar-refractivity contribution in [2.24, 2.45) is 4.99 Å². The molecule has 6 nitrogen and oxygen atoms in total. The van der Waals surface area contributed by atoms with Crippen LogP contribution >= 0.6 is 0 Å². The molecule has 9 rings (SSSR count). The zero-order valence-electron chi connectivity index (χ0n) is 28.3. The van der Waals surface area contributed by atoms with E-state index in [4.69, 9.17) is 24.4 Å². The van der Waals surface area contributed by atoms with E-state index in [1.165, 1.54) is 33.2 Å². The number of aliphatic imine (C=N–C) groups is 1. The van der Waals surface area contributed by atoms with E-state index in [0.29, 0.717) is 17.5 Å². The molecule has 0 N–H and O–H groups in total. The largest absolute Gasteiger partial charge is 2.00 e. The van der Waals surface area contributed by atoms with Gasteiger partial charge in [-0.05, 0) is 60.7 Å². The molecule has 0 fully saturated rings. The molecule has 0 radical (unpaired) electrons. The van der Waals surface area contributed by atoms with Gasteiger partial charge in [-0.2, -0.15) is 6.07 Å². The van der Waals surface area contributed by atoms with Gasteiger partial charge in [0.25, 0.3) is 0 Å². The summed E-state index contributed by atoms with van der Waals surface area (Å²) >= 11 is 0. The summed E-state index contributed by atoms with van der Waals surface area (Å²) in [6.07, 6.45) is 1.85. The van der Waals surface area contributed by atoms with Gasteiger partial charge in [-0.15, -0.1) is 34.9 Å². The predicted octanol–water partition coefficient (Wildman–Crippen LogP) is 8.96. The van der Waals surface area contributed by atoms with Gasteiger partial charge in [-0.3, -0.25) is 4.99 Å². The van der Waals surface area contributed by atoms with Gasteiger partial charge in [0.1, 0.15) is 22.7 Å². The van der Waals surface area contributed by atoms with E-state index >= 15 is 0 Å². The smallest absolute Gasteiger partial charge is 0.525 e. The first-order chi connectivity index (χ1) is 22.3. The number of pyridine rings is 2. The van der Waals surface area contributed by atoms with Crippen molar-refractivity contribution in [2.45, 2.75) is 77.4 Å². The molecule has 0 bridgehead atoms. The van der Waals surface area contributed by atoms with E-state index < -0.39 is 11.1 Å². The number of hydrogen-bond donors (Lipinski definition) is 0. The molecule has 2 aliphatic heterocycles. The Morgan fingerprint density at radius 1 is 0.792 bits per heavy atom. The molecular formula is C41H36N4O2Pt. The number of para-hydroxylation sites is 1. The standard InChI is InChI=1S/C41H36N4O2.Pt/c1-23-19-31-32(45-35-26(27-14-12-18-42-36(27)45)13-11-17-30(35)38(31,3)4)22-33(23)46-34-21-25(20-24(2)43-34)37-44-40(7)29-16-10-9-15-28(29)39(5,6)41(40,8)47-37;/h9-20H,1-8H3;/q-2;+2/t40-,41+;/m1./s1. The molecule has 48 heavy (non-hydrogen) atoms. The monoisotopic (exact) mass is 811 g/mol. The van der Waals surface area contributed by atoms with Crippen molar-refractivity contribution in [1.82, 2.24) is 14.5 Å². The maximum absolute atomic E-state index is 6.86. The molecule has 7 heteroatoms. The molecule has 0 saturated heterocycles. The first kappa shape index (κ1) is 31.0. The number of hydrogen-bond acceptors (Lipinski definition) is 5. The number of fused-ring (bicyclic) bond motifs is 8. The van der Waals surface area contributed by atoms with Gasteiger partial charge < -0.3 is 14.0 Å². The minimum absolute atomic E-state index is 0. The Hall–Kier alpha value is -4.28. The third kappa shape index (κ3) is 3.76. The zero-order valence-corrected chi connectivity index (χ0v) is 30.6. The van der Waals surface area contributed by atoms with Crippen LogP contribution < -0.4 is 4.74 Å². The van der Waals surface area contributed by atoms with Gasteiger partial charge in [0.05, 0.1) is 5.52 Å². The summed E-state index contributed by atoms with van der Waals surface area (Å²) in [6.45, 7) is 17.4. The third-order valence-corrected chi connectivity index (χ3v) is 11.5. The number of benzene rings is 3. The van der Waals surface area contributed by atoms with Gasteiger partial charge in [-0.25, -0.2) is 9.97 Å². The topological polar surface area (TPSA) is 61.5 Å². The Morgan fingerprint density at radius 2 is 1.52 bits per heavy atom. The van der Waals surface area contributed by atoms with E-state index in [2.05, 4.69) is 120 Å². The molecule has 3 aromatic heterocycles. The average molecular weight is 812 g/mol. The molecule has 3 aromatic carbocycles. The Labute approximate surface area is 295 Å². The van der Waals surface area contributed by atoms with Gasteiger partial charge in [0.2, 0.25) is 0 Å². The Morgan fingerprint density at radius 3 is 2.31 bits per heavy atom. The Balaban J connectivity index is 0.00000336. The van der Waals surface area contributed by atoms with Crippen molar-refractivity contribution in [2.75, 3.05) is 0 Å². The molecule has 6 aromatic rings. The van der Waals surface area contributed by atoms with E-state index in [1.54, 1.807) is 0 Å². The molecule has 0 saturated carbocycles. The summed E-state index contributed by atoms with van der Waals surface area (Å²) in [7, 11) is 0. The summed E-state index contributed by atoms with van der Waals surface area (Å²) < 4.78 is 15.7. The maximum Gasteiger partial charge on any atom is 2.00 e. The predicted molar refractivity (Wildman–Crippen MR) is 185 cm³/mol. The molecular weight excluding hydrogens is 776 g/mol. The van der Waals surface area contributed by atoms with Gasteiger partial charge in [-0.1, -0.05) is 82.8 Å². The van der Waals surface area contributed by atoms with Gasteiger partial charge in [0.15, 0.2) is 5.88 Å². The summed E-state index contributed by atoms with van der Waals surface area (Å²) in [5.41, 5.74) is 8.83. The maximum atomic E-state index is 6.86. The van der Waals surface area contributed by atoms with Gasteiger partial charge in [0, 0.05) is 28.1 Å². The minimum Gasteiger partial charge on any atom is -0.525 e. The van der Waals surface area contributed by atoms with Crippen molar-refractivity contribution >= 4 is 27.8 Å². The summed E-state index contributed by atoms with van der Waals surface area (Å²) in [6, 6.07) is 30.5. The van der Waals surface area contributed by atoms with Crippen molar-refractivity contribution in [3.05, 3.63) is 124 Å². The molecule has 0 unspecified atom stereocenters. The van der Waals surface area contributed by atoms with Crippen molar-refractivity contribution in [3.63, 3.8) is 0 Å². The van der Waals surface area contributed by atoms with Crippen LogP contribution in [-0.4, -0.2) is 26.0 Å². The van der Waals surface area contributed by atoms with E-state index in [-0.39, 0.29) is 31.9 Å². The fourth-order valence-electron chi connectivity index (χ4n) is 8.49. The normalized spacial score (nSPS) is 22.4. The van der Waals surface area contributed by atoms with Crippen LogP contribution in [0.2, 0.25) is 0 Å². The first-order valence-corrected chi connectivity index (χ1v) is 16.3. The van der Waals surface area contributed by atoms with Crippen LogP contribution in [0.25, 0.3) is 27.6 Å². The molecule has 5 heterocycles. The second kappa shape index (κ2) is 9.89. The molecule has 2 atom stereocenters. The third-order valence-electron chi connectivity index (χ3n) is 11.5. The second-order valence-electron chi connectivity index (χ2n) is 14.7. The van der Waals surface area contributed by atoms with E-state index in [0.717, 1.165) is 33.5 Å². The first-order valence-electron chi connectivity index (χ1n) is 16.3. The SMILES string of the molecule is Cc1cc(C2=N[C@]3(C)c4ccccc4C(C)(C)[C@]3(C)O2)[c-]c(Oc2[c-]c3c(cc2C)C(C)(C)c2cccc4c5cccnc5n-3c24)n1.[Pt+2].